The lowest BCUT2D eigenvalue weighted by atomic mass is 9.43. The fraction of sp³-hybridized carbons (Fsp3) is 0.204. The molecule has 5 aliphatic rings. The number of para-hydroxylation sites is 1. The van der Waals surface area contributed by atoms with Gasteiger partial charge in [0, 0.05) is 27.3 Å². The van der Waals surface area contributed by atoms with Crippen molar-refractivity contribution >= 4 is 21.9 Å². The van der Waals surface area contributed by atoms with Gasteiger partial charge in [0.2, 0.25) is 0 Å². The molecule has 8 aromatic rings. The van der Waals surface area contributed by atoms with Crippen LogP contribution in [0.3, 0.4) is 0 Å². The maximum absolute atomic E-state index is 6.87. The molecule has 2 aromatic heterocycles. The highest BCUT2D eigenvalue weighted by molar-refractivity contribution is 6.10. The molecule has 5 aliphatic carbocycles. The van der Waals surface area contributed by atoms with Crippen LogP contribution in [0.5, 0.6) is 0 Å². The molecule has 6 aromatic carbocycles. The fourth-order valence-corrected chi connectivity index (χ4v) is 11.5. The molecule has 1 spiro atoms. The van der Waals surface area contributed by atoms with E-state index in [0.29, 0.717) is 17.5 Å². The van der Waals surface area contributed by atoms with Crippen LogP contribution < -0.4 is 0 Å². The van der Waals surface area contributed by atoms with Crippen molar-refractivity contribution in [3.63, 3.8) is 0 Å². The van der Waals surface area contributed by atoms with Crippen molar-refractivity contribution in [3.8, 4) is 56.4 Å². The standard InChI is InChI=1S/C49H37N3O/c1-3-11-31(12-4-1)46-50-47(32-13-5-2-6-14-32)52-48(51-46)40-18-9-17-38-37-22-21-33(28-43(37)53-45(38)40)36-16-10-20-42-44(36)39-15-7-8-19-41(39)49(42)34-24-29-23-30(26-34)27-35(49)25-29/h1-22,28-30,34-35H,23-27H2. The first-order chi connectivity index (χ1) is 26.2. The number of rotatable bonds is 4. The molecule has 0 amide bonds. The first-order valence-corrected chi connectivity index (χ1v) is 19.3. The molecule has 0 radical (unpaired) electrons. The van der Waals surface area contributed by atoms with Crippen molar-refractivity contribution in [1.82, 2.24) is 15.0 Å². The van der Waals surface area contributed by atoms with Gasteiger partial charge in [-0.2, -0.15) is 0 Å². The average Bonchev–Trinajstić information content (AvgIpc) is 3.74. The van der Waals surface area contributed by atoms with Crippen LogP contribution >= 0.6 is 0 Å². The minimum atomic E-state index is 0.148. The second kappa shape index (κ2) is 11.1. The molecule has 0 saturated heterocycles. The van der Waals surface area contributed by atoms with E-state index < -0.39 is 0 Å². The van der Waals surface area contributed by atoms with Crippen molar-refractivity contribution in [2.24, 2.45) is 23.7 Å². The van der Waals surface area contributed by atoms with Gasteiger partial charge >= 0.3 is 0 Å². The Balaban J connectivity index is 1.02. The van der Waals surface area contributed by atoms with Crippen LogP contribution in [0.2, 0.25) is 0 Å². The Hall–Kier alpha value is -5.87. The summed E-state index contributed by atoms with van der Waals surface area (Å²) in [5.74, 6) is 5.22. The molecule has 4 heteroatoms. The molecule has 2 heterocycles. The molecule has 0 aliphatic heterocycles. The average molecular weight is 684 g/mol. The number of nitrogens with zero attached hydrogens (tertiary/aromatic N) is 3. The van der Waals surface area contributed by atoms with Crippen LogP contribution in [0, 0.1) is 23.7 Å². The summed E-state index contributed by atoms with van der Waals surface area (Å²) in [6, 6.07) is 49.9. The SMILES string of the molecule is c1ccc(-c2nc(-c3ccccc3)nc(-c3cccc4c3oc3cc(-c5cccc6c5-c5ccccc5C65C6CC7CC(C6)CC5C7)ccc34)n2)cc1. The molecule has 0 N–H and O–H groups in total. The first-order valence-electron chi connectivity index (χ1n) is 19.3. The Morgan fingerprint density at radius 2 is 1.04 bits per heavy atom. The smallest absolute Gasteiger partial charge is 0.167 e. The first kappa shape index (κ1) is 29.7. The Kier molecular flexibility index (Phi) is 6.20. The summed E-state index contributed by atoms with van der Waals surface area (Å²) in [5.41, 5.74) is 13.1. The van der Waals surface area contributed by atoms with E-state index in [2.05, 4.69) is 78.9 Å². The normalized spacial score (nSPS) is 23.5. The van der Waals surface area contributed by atoms with E-state index in [4.69, 9.17) is 19.4 Å². The maximum Gasteiger partial charge on any atom is 0.167 e. The van der Waals surface area contributed by atoms with Crippen LogP contribution in [-0.2, 0) is 5.41 Å². The van der Waals surface area contributed by atoms with Gasteiger partial charge in [-0.15, -0.1) is 0 Å². The second-order valence-corrected chi connectivity index (χ2v) is 16.0. The van der Waals surface area contributed by atoms with Gasteiger partial charge in [0.05, 0.1) is 5.56 Å². The molecule has 4 bridgehead atoms. The zero-order chi connectivity index (χ0) is 34.7. The van der Waals surface area contributed by atoms with Gasteiger partial charge in [-0.05, 0) is 107 Å². The molecule has 53 heavy (non-hydrogen) atoms. The molecule has 0 unspecified atom stereocenters. The molecule has 4 fully saturated rings. The number of fused-ring (bicyclic) bond motifs is 6. The molecule has 4 nitrogen and oxygen atoms in total. The quantitative estimate of drug-likeness (QED) is 0.185. The van der Waals surface area contributed by atoms with Crippen molar-refractivity contribution in [1.29, 1.82) is 0 Å². The lowest BCUT2D eigenvalue weighted by Crippen LogP contribution is -2.55. The van der Waals surface area contributed by atoms with E-state index in [9.17, 15) is 0 Å². The highest BCUT2D eigenvalue weighted by Crippen LogP contribution is 2.70. The zero-order valence-electron chi connectivity index (χ0n) is 29.4. The van der Waals surface area contributed by atoms with E-state index in [1.54, 1.807) is 11.1 Å². The largest absolute Gasteiger partial charge is 0.455 e. The van der Waals surface area contributed by atoms with E-state index in [-0.39, 0.29) is 5.41 Å². The van der Waals surface area contributed by atoms with Crippen LogP contribution in [0.4, 0.5) is 0 Å². The summed E-state index contributed by atoms with van der Waals surface area (Å²) < 4.78 is 6.87. The summed E-state index contributed by atoms with van der Waals surface area (Å²) in [6.45, 7) is 0. The van der Waals surface area contributed by atoms with E-state index in [0.717, 1.165) is 62.3 Å². The lowest BCUT2D eigenvalue weighted by molar-refractivity contribution is -0.0399. The summed E-state index contributed by atoms with van der Waals surface area (Å²) >= 11 is 0. The van der Waals surface area contributed by atoms with Gasteiger partial charge in [0.1, 0.15) is 11.2 Å². The number of furan rings is 1. The Bertz CT molecular complexity index is 2660. The topological polar surface area (TPSA) is 51.8 Å². The number of benzene rings is 6. The van der Waals surface area contributed by atoms with E-state index >= 15 is 0 Å². The third kappa shape index (κ3) is 4.21. The summed E-state index contributed by atoms with van der Waals surface area (Å²) in [7, 11) is 0. The predicted molar refractivity (Wildman–Crippen MR) is 212 cm³/mol. The summed E-state index contributed by atoms with van der Waals surface area (Å²) in [6.07, 6.45) is 7.02. The highest BCUT2D eigenvalue weighted by atomic mass is 16.3. The van der Waals surface area contributed by atoms with Gasteiger partial charge in [-0.3, -0.25) is 0 Å². The molecule has 4 saturated carbocycles. The Labute approximate surface area is 308 Å². The van der Waals surface area contributed by atoms with Crippen molar-refractivity contribution in [3.05, 3.63) is 151 Å². The van der Waals surface area contributed by atoms with Gasteiger partial charge in [-0.1, -0.05) is 121 Å². The lowest BCUT2D eigenvalue weighted by Gasteiger charge is -2.61. The highest BCUT2D eigenvalue weighted by Gasteiger charge is 2.61. The monoisotopic (exact) mass is 683 g/mol. The summed E-state index contributed by atoms with van der Waals surface area (Å²) in [5, 5.41) is 2.15. The van der Waals surface area contributed by atoms with Gasteiger partial charge < -0.3 is 4.42 Å². The minimum absolute atomic E-state index is 0.148. The molecular weight excluding hydrogens is 647 g/mol. The second-order valence-electron chi connectivity index (χ2n) is 16.0. The van der Waals surface area contributed by atoms with Crippen LogP contribution in [-0.4, -0.2) is 15.0 Å². The Morgan fingerprint density at radius 1 is 0.453 bits per heavy atom. The molecule has 13 rings (SSSR count). The number of hydrogen-bond donors (Lipinski definition) is 0. The van der Waals surface area contributed by atoms with Crippen molar-refractivity contribution < 1.29 is 4.42 Å². The minimum Gasteiger partial charge on any atom is -0.455 e. The summed E-state index contributed by atoms with van der Waals surface area (Å²) in [4.78, 5) is 15.0. The van der Waals surface area contributed by atoms with Crippen molar-refractivity contribution in [2.45, 2.75) is 37.5 Å². The zero-order valence-corrected chi connectivity index (χ0v) is 29.4. The fourth-order valence-electron chi connectivity index (χ4n) is 11.5. The molecule has 254 valence electrons. The van der Waals surface area contributed by atoms with Gasteiger partial charge in [0.25, 0.3) is 0 Å². The third-order valence-electron chi connectivity index (χ3n) is 13.3. The number of hydrogen-bond acceptors (Lipinski definition) is 4. The van der Waals surface area contributed by atoms with Crippen LogP contribution in [0.1, 0.15) is 43.2 Å². The maximum atomic E-state index is 6.87. The molecule has 0 atom stereocenters. The van der Waals surface area contributed by atoms with E-state index in [1.807, 2.05) is 60.7 Å². The predicted octanol–water partition coefficient (Wildman–Crippen LogP) is 12.2. The van der Waals surface area contributed by atoms with Crippen molar-refractivity contribution in [2.75, 3.05) is 0 Å². The van der Waals surface area contributed by atoms with Crippen LogP contribution in [0.15, 0.2) is 144 Å². The van der Waals surface area contributed by atoms with Gasteiger partial charge in [-0.25, -0.2) is 15.0 Å². The Morgan fingerprint density at radius 3 is 1.75 bits per heavy atom. The van der Waals surface area contributed by atoms with Crippen LogP contribution in [0.25, 0.3) is 78.4 Å². The molecular formula is C49H37N3O. The van der Waals surface area contributed by atoms with E-state index in [1.165, 1.54) is 54.4 Å². The number of aromatic nitrogens is 3. The van der Waals surface area contributed by atoms with Gasteiger partial charge in [0.15, 0.2) is 17.5 Å². The third-order valence-corrected chi connectivity index (χ3v) is 13.3.